The van der Waals surface area contributed by atoms with Crippen molar-refractivity contribution in [2.24, 2.45) is 0 Å². The van der Waals surface area contributed by atoms with Crippen molar-refractivity contribution < 1.29 is 18.0 Å². The highest BCUT2D eigenvalue weighted by atomic mass is 35.5. The number of alkyl halides is 2. The van der Waals surface area contributed by atoms with Crippen LogP contribution in [0.4, 0.5) is 18.9 Å². The van der Waals surface area contributed by atoms with Gasteiger partial charge >= 0.3 is 0 Å². The average molecular weight is 458 g/mol. The maximum atomic E-state index is 13.2. The molecule has 1 aliphatic carbocycles. The van der Waals surface area contributed by atoms with Crippen molar-refractivity contribution in [3.05, 3.63) is 63.4 Å². The minimum atomic E-state index is -2.81. The topological polar surface area (TPSA) is 64.7 Å². The molecule has 158 valence electrons. The zero-order chi connectivity index (χ0) is 21.4. The summed E-state index contributed by atoms with van der Waals surface area (Å²) >= 11 is 12.1. The van der Waals surface area contributed by atoms with Gasteiger partial charge in [0.15, 0.2) is 0 Å². The van der Waals surface area contributed by atoms with E-state index < -0.39 is 23.8 Å². The Labute approximate surface area is 179 Å². The predicted molar refractivity (Wildman–Crippen MR) is 106 cm³/mol. The van der Waals surface area contributed by atoms with Crippen LogP contribution in [0, 0.1) is 5.82 Å². The molecule has 6 nitrogen and oxygen atoms in total. The molecular formula is C19H16Cl2F3N5O. The summed E-state index contributed by atoms with van der Waals surface area (Å²) in [6, 6.07) is 4.07. The maximum Gasteiger partial charge on any atom is 0.283 e. The minimum Gasteiger partial charge on any atom is -0.322 e. The third-order valence-corrected chi connectivity index (χ3v) is 5.42. The molecule has 0 atom stereocenters. The van der Waals surface area contributed by atoms with E-state index in [2.05, 4.69) is 15.5 Å². The Hall–Kier alpha value is -2.52. The summed E-state index contributed by atoms with van der Waals surface area (Å²) in [5.74, 6) is -0.832. The van der Waals surface area contributed by atoms with E-state index in [1.807, 2.05) is 0 Å². The molecule has 1 aliphatic rings. The molecule has 1 N–H and O–H groups in total. The van der Waals surface area contributed by atoms with Crippen LogP contribution in [0.5, 0.6) is 0 Å². The first-order valence-electron chi connectivity index (χ1n) is 9.12. The molecule has 30 heavy (non-hydrogen) atoms. The molecule has 0 radical (unpaired) electrons. The van der Waals surface area contributed by atoms with Gasteiger partial charge in [0.25, 0.3) is 6.43 Å². The monoisotopic (exact) mass is 457 g/mol. The molecule has 0 saturated heterocycles. The predicted octanol–water partition coefficient (Wildman–Crippen LogP) is 5.03. The number of hydrogen-bond donors (Lipinski definition) is 1. The van der Waals surface area contributed by atoms with Crippen LogP contribution in [0.25, 0.3) is 0 Å². The fraction of sp³-hybridized carbons (Fsp3) is 0.316. The maximum absolute atomic E-state index is 13.2. The number of nitrogens with one attached hydrogen (secondary N) is 1. The normalized spacial score (nSPS) is 13.8. The molecule has 4 rings (SSSR count). The number of aromatic nitrogens is 4. The van der Waals surface area contributed by atoms with E-state index in [0.29, 0.717) is 16.9 Å². The lowest BCUT2D eigenvalue weighted by Gasteiger charge is -2.07. The van der Waals surface area contributed by atoms with E-state index in [1.54, 1.807) is 12.3 Å². The first kappa shape index (κ1) is 20.7. The highest BCUT2D eigenvalue weighted by molar-refractivity contribution is 6.32. The molecule has 11 heteroatoms. The molecule has 3 aromatic rings. The standard InChI is InChI=1S/C19H16Cl2F3N5O/c20-14-5-12(22)4-3-11(14)7-28-8-13(6-25-28)26-15(30)9-29-18(10-1-2-10)16(21)17(27-29)19(23)24/h3-6,8,10,19H,1-2,7,9H2,(H,26,30). The summed E-state index contributed by atoms with van der Waals surface area (Å²) in [5.41, 5.74) is 1.05. The fourth-order valence-corrected chi connectivity index (χ4v) is 3.75. The van der Waals surface area contributed by atoms with Crippen molar-refractivity contribution >= 4 is 34.8 Å². The van der Waals surface area contributed by atoms with Crippen LogP contribution in [0.2, 0.25) is 10.0 Å². The van der Waals surface area contributed by atoms with Crippen molar-refractivity contribution in [2.45, 2.75) is 38.3 Å². The van der Waals surface area contributed by atoms with Gasteiger partial charge in [-0.25, -0.2) is 13.2 Å². The lowest BCUT2D eigenvalue weighted by atomic mass is 10.2. The number of carbonyl (C=O) groups excluding carboxylic acids is 1. The van der Waals surface area contributed by atoms with Gasteiger partial charge in [0.1, 0.15) is 18.1 Å². The van der Waals surface area contributed by atoms with E-state index in [4.69, 9.17) is 23.2 Å². The Bertz CT molecular complexity index is 1090. The molecule has 1 aromatic carbocycles. The number of amides is 1. The fourth-order valence-electron chi connectivity index (χ4n) is 3.15. The third-order valence-electron chi connectivity index (χ3n) is 4.68. The lowest BCUT2D eigenvalue weighted by molar-refractivity contribution is -0.117. The van der Waals surface area contributed by atoms with Crippen LogP contribution in [0.15, 0.2) is 30.6 Å². The van der Waals surface area contributed by atoms with Gasteiger partial charge in [-0.1, -0.05) is 29.3 Å². The van der Waals surface area contributed by atoms with Gasteiger partial charge in [-0.2, -0.15) is 10.2 Å². The summed E-state index contributed by atoms with van der Waals surface area (Å²) in [4.78, 5) is 12.4. The van der Waals surface area contributed by atoms with Gasteiger partial charge < -0.3 is 5.32 Å². The van der Waals surface area contributed by atoms with Gasteiger partial charge in [-0.05, 0) is 30.5 Å². The lowest BCUT2D eigenvalue weighted by Crippen LogP contribution is -2.20. The summed E-state index contributed by atoms with van der Waals surface area (Å²) in [6.45, 7) is 0.0422. The smallest absolute Gasteiger partial charge is 0.283 e. The second kappa shape index (κ2) is 8.31. The van der Waals surface area contributed by atoms with Crippen LogP contribution < -0.4 is 5.32 Å². The zero-order valence-corrected chi connectivity index (χ0v) is 17.0. The van der Waals surface area contributed by atoms with Gasteiger partial charge in [0.2, 0.25) is 5.91 Å². The second-order valence-corrected chi connectivity index (χ2v) is 7.81. The van der Waals surface area contributed by atoms with Gasteiger partial charge in [0.05, 0.1) is 29.1 Å². The van der Waals surface area contributed by atoms with Crippen LogP contribution in [-0.2, 0) is 17.9 Å². The quantitative estimate of drug-likeness (QED) is 0.541. The van der Waals surface area contributed by atoms with Crippen molar-refractivity contribution in [1.82, 2.24) is 19.6 Å². The van der Waals surface area contributed by atoms with Crippen molar-refractivity contribution in [1.29, 1.82) is 0 Å². The van der Waals surface area contributed by atoms with E-state index in [0.717, 1.165) is 12.8 Å². The number of hydrogen-bond acceptors (Lipinski definition) is 3. The summed E-state index contributed by atoms with van der Waals surface area (Å²) < 4.78 is 42.2. The number of nitrogens with zero attached hydrogens (tertiary/aromatic N) is 4. The Morgan fingerprint density at radius 3 is 2.73 bits per heavy atom. The Morgan fingerprint density at radius 2 is 2.07 bits per heavy atom. The largest absolute Gasteiger partial charge is 0.322 e. The van der Waals surface area contributed by atoms with Crippen LogP contribution in [0.1, 0.15) is 42.1 Å². The minimum absolute atomic E-state index is 0.0495. The molecule has 0 unspecified atom stereocenters. The number of rotatable bonds is 7. The molecule has 0 bridgehead atoms. The second-order valence-electron chi connectivity index (χ2n) is 7.03. The van der Waals surface area contributed by atoms with Crippen LogP contribution >= 0.6 is 23.2 Å². The van der Waals surface area contributed by atoms with E-state index in [1.165, 1.54) is 27.7 Å². The van der Waals surface area contributed by atoms with Crippen LogP contribution in [-0.4, -0.2) is 25.5 Å². The highest BCUT2D eigenvalue weighted by Gasteiger charge is 2.34. The Balaban J connectivity index is 1.43. The third kappa shape index (κ3) is 4.46. The Kier molecular flexibility index (Phi) is 5.75. The molecule has 1 fully saturated rings. The van der Waals surface area contributed by atoms with Crippen molar-refractivity contribution in [3.63, 3.8) is 0 Å². The first-order chi connectivity index (χ1) is 14.3. The van der Waals surface area contributed by atoms with E-state index >= 15 is 0 Å². The summed E-state index contributed by atoms with van der Waals surface area (Å²) in [5, 5.41) is 10.8. The average Bonchev–Trinajstić information content (AvgIpc) is 3.32. The summed E-state index contributed by atoms with van der Waals surface area (Å²) in [6.07, 6.45) is 1.87. The molecule has 2 aromatic heterocycles. The molecule has 0 aliphatic heterocycles. The number of anilines is 1. The molecule has 2 heterocycles. The van der Waals surface area contributed by atoms with Gasteiger partial charge in [-0.15, -0.1) is 0 Å². The zero-order valence-electron chi connectivity index (χ0n) is 15.5. The number of carbonyl (C=O) groups is 1. The van der Waals surface area contributed by atoms with Crippen LogP contribution in [0.3, 0.4) is 0 Å². The van der Waals surface area contributed by atoms with Crippen molar-refractivity contribution in [2.75, 3.05) is 5.32 Å². The summed E-state index contributed by atoms with van der Waals surface area (Å²) in [7, 11) is 0. The van der Waals surface area contributed by atoms with Crippen molar-refractivity contribution in [3.8, 4) is 0 Å². The first-order valence-corrected chi connectivity index (χ1v) is 9.88. The van der Waals surface area contributed by atoms with Gasteiger partial charge in [0, 0.05) is 17.1 Å². The highest BCUT2D eigenvalue weighted by Crippen LogP contribution is 2.45. The Morgan fingerprint density at radius 1 is 1.30 bits per heavy atom. The molecule has 0 spiro atoms. The molecule has 1 amide bonds. The SMILES string of the molecule is O=C(Cn1nc(C(F)F)c(Cl)c1C1CC1)Nc1cnn(Cc2ccc(F)cc2Cl)c1. The van der Waals surface area contributed by atoms with E-state index in [9.17, 15) is 18.0 Å². The number of benzene rings is 1. The molecular weight excluding hydrogens is 442 g/mol. The van der Waals surface area contributed by atoms with Gasteiger partial charge in [-0.3, -0.25) is 14.2 Å². The van der Waals surface area contributed by atoms with E-state index in [-0.39, 0.29) is 29.1 Å². The number of halogens is 5. The molecule has 1 saturated carbocycles.